The Balaban J connectivity index is 2.89. The van der Waals surface area contributed by atoms with Crippen molar-refractivity contribution in [3.63, 3.8) is 0 Å². The summed E-state index contributed by atoms with van der Waals surface area (Å²) in [5, 5.41) is 10.0. The number of alkyl halides is 1. The maximum atomic E-state index is 9.02. The van der Waals surface area contributed by atoms with Crippen LogP contribution in [0.1, 0.15) is 45.1 Å². The largest absolute Gasteiger partial charge is 0.374 e. The third-order valence-corrected chi connectivity index (χ3v) is 5.02. The van der Waals surface area contributed by atoms with Crippen LogP contribution in [0.15, 0.2) is 24.3 Å². The SMILES string of the molecule is CCCC(CBr)(CCC)CN(C)c1cccc(C#N)c1. The van der Waals surface area contributed by atoms with Gasteiger partial charge >= 0.3 is 0 Å². The monoisotopic (exact) mass is 336 g/mol. The van der Waals surface area contributed by atoms with Crippen molar-refractivity contribution in [2.24, 2.45) is 5.41 Å². The van der Waals surface area contributed by atoms with Gasteiger partial charge in [-0.2, -0.15) is 5.26 Å². The summed E-state index contributed by atoms with van der Waals surface area (Å²) in [6, 6.07) is 10.1. The molecule has 0 spiro atoms. The molecular weight excluding hydrogens is 312 g/mol. The first kappa shape index (κ1) is 17.0. The molecule has 1 rings (SSSR count). The third kappa shape index (κ3) is 4.52. The van der Waals surface area contributed by atoms with E-state index in [1.54, 1.807) is 0 Å². The fraction of sp³-hybridized carbons (Fsp3) is 0.588. The minimum absolute atomic E-state index is 0.320. The van der Waals surface area contributed by atoms with Gasteiger partial charge in [-0.1, -0.05) is 48.7 Å². The second-order valence-corrected chi connectivity index (χ2v) is 6.21. The van der Waals surface area contributed by atoms with Crippen LogP contribution < -0.4 is 4.90 Å². The lowest BCUT2D eigenvalue weighted by molar-refractivity contribution is 0.283. The molecule has 1 aromatic carbocycles. The van der Waals surface area contributed by atoms with Crippen molar-refractivity contribution in [1.82, 2.24) is 0 Å². The number of hydrogen-bond donors (Lipinski definition) is 0. The van der Waals surface area contributed by atoms with Gasteiger partial charge in [-0.15, -0.1) is 0 Å². The molecule has 0 amide bonds. The number of benzene rings is 1. The Hall–Kier alpha value is -1.01. The summed E-state index contributed by atoms with van der Waals surface area (Å²) in [5.41, 5.74) is 2.17. The van der Waals surface area contributed by atoms with Crippen molar-refractivity contribution in [2.45, 2.75) is 39.5 Å². The first-order valence-electron chi connectivity index (χ1n) is 7.38. The maximum Gasteiger partial charge on any atom is 0.0992 e. The quantitative estimate of drug-likeness (QED) is 0.626. The average Bonchev–Trinajstić information content (AvgIpc) is 2.47. The van der Waals surface area contributed by atoms with E-state index in [0.717, 1.165) is 23.1 Å². The zero-order valence-corrected chi connectivity index (χ0v) is 14.4. The fourth-order valence-electron chi connectivity index (χ4n) is 2.93. The molecule has 0 atom stereocenters. The standard InChI is InChI=1S/C17H25BrN2/c1-4-9-17(13-18,10-5-2)14-20(3)16-8-6-7-15(11-16)12-19/h6-8,11H,4-5,9-10,13-14H2,1-3H3. The Kier molecular flexibility index (Phi) is 7.09. The van der Waals surface area contributed by atoms with Gasteiger partial charge < -0.3 is 4.90 Å². The molecular formula is C17H25BrN2. The highest BCUT2D eigenvalue weighted by molar-refractivity contribution is 9.09. The Labute approximate surface area is 131 Å². The number of nitriles is 1. The van der Waals surface area contributed by atoms with Crippen molar-refractivity contribution in [2.75, 3.05) is 23.8 Å². The minimum Gasteiger partial charge on any atom is -0.374 e. The molecule has 3 heteroatoms. The highest BCUT2D eigenvalue weighted by atomic mass is 79.9. The second-order valence-electron chi connectivity index (χ2n) is 5.65. The van der Waals surface area contributed by atoms with Gasteiger partial charge in [0.15, 0.2) is 0 Å². The van der Waals surface area contributed by atoms with Gasteiger partial charge in [0.1, 0.15) is 0 Å². The summed E-state index contributed by atoms with van der Waals surface area (Å²) in [5.74, 6) is 0. The molecule has 0 radical (unpaired) electrons. The summed E-state index contributed by atoms with van der Waals surface area (Å²) in [4.78, 5) is 2.29. The van der Waals surface area contributed by atoms with E-state index in [9.17, 15) is 0 Å². The molecule has 0 aromatic heterocycles. The zero-order chi connectivity index (χ0) is 15.0. The Morgan fingerprint density at radius 3 is 2.40 bits per heavy atom. The van der Waals surface area contributed by atoms with Crippen LogP contribution in [0.5, 0.6) is 0 Å². The van der Waals surface area contributed by atoms with Crippen molar-refractivity contribution in [1.29, 1.82) is 5.26 Å². The molecule has 0 N–H and O–H groups in total. The smallest absolute Gasteiger partial charge is 0.0992 e. The van der Waals surface area contributed by atoms with Crippen LogP contribution in [0.2, 0.25) is 0 Å². The summed E-state index contributed by atoms with van der Waals surface area (Å²) in [6.07, 6.45) is 4.87. The van der Waals surface area contributed by atoms with Crippen LogP contribution in [-0.2, 0) is 0 Å². The molecule has 0 bridgehead atoms. The molecule has 20 heavy (non-hydrogen) atoms. The van der Waals surface area contributed by atoms with Crippen LogP contribution in [0.25, 0.3) is 0 Å². The van der Waals surface area contributed by atoms with Crippen molar-refractivity contribution < 1.29 is 0 Å². The van der Waals surface area contributed by atoms with Crippen molar-refractivity contribution in [3.8, 4) is 6.07 Å². The molecule has 110 valence electrons. The normalized spacial score (nSPS) is 11.2. The Bertz CT molecular complexity index is 445. The van der Waals surface area contributed by atoms with Crippen LogP contribution >= 0.6 is 15.9 Å². The van der Waals surface area contributed by atoms with Gasteiger partial charge in [-0.05, 0) is 36.5 Å². The van der Waals surface area contributed by atoms with Gasteiger partial charge in [0.2, 0.25) is 0 Å². The molecule has 0 saturated heterocycles. The van der Waals surface area contributed by atoms with Gasteiger partial charge in [-0.3, -0.25) is 0 Å². The number of nitrogens with zero attached hydrogens (tertiary/aromatic N) is 2. The zero-order valence-electron chi connectivity index (χ0n) is 12.8. The molecule has 1 aromatic rings. The van der Waals surface area contributed by atoms with E-state index in [-0.39, 0.29) is 0 Å². The molecule has 0 unspecified atom stereocenters. The minimum atomic E-state index is 0.320. The number of hydrogen-bond acceptors (Lipinski definition) is 2. The van der Waals surface area contributed by atoms with E-state index >= 15 is 0 Å². The number of anilines is 1. The highest BCUT2D eigenvalue weighted by Crippen LogP contribution is 2.34. The van der Waals surface area contributed by atoms with Crippen molar-refractivity contribution in [3.05, 3.63) is 29.8 Å². The lowest BCUT2D eigenvalue weighted by Crippen LogP contribution is -2.37. The van der Waals surface area contributed by atoms with Gasteiger partial charge in [0.05, 0.1) is 11.6 Å². The first-order chi connectivity index (χ1) is 9.60. The van der Waals surface area contributed by atoms with Crippen LogP contribution in [0.4, 0.5) is 5.69 Å². The molecule has 2 nitrogen and oxygen atoms in total. The highest BCUT2D eigenvalue weighted by Gasteiger charge is 2.28. The number of rotatable bonds is 8. The Morgan fingerprint density at radius 2 is 1.90 bits per heavy atom. The second kappa shape index (κ2) is 8.32. The van der Waals surface area contributed by atoms with Crippen molar-refractivity contribution >= 4 is 21.6 Å². The summed E-state index contributed by atoms with van der Waals surface area (Å²) in [7, 11) is 2.12. The molecule has 0 aliphatic heterocycles. The van der Waals surface area contributed by atoms with Gasteiger partial charge in [0, 0.05) is 24.6 Å². The summed E-state index contributed by atoms with van der Waals surface area (Å²) < 4.78 is 0. The fourth-order valence-corrected chi connectivity index (χ4v) is 3.67. The summed E-state index contributed by atoms with van der Waals surface area (Å²) in [6.45, 7) is 5.53. The molecule has 0 aliphatic carbocycles. The van der Waals surface area contributed by atoms with Gasteiger partial charge in [-0.25, -0.2) is 0 Å². The van der Waals surface area contributed by atoms with E-state index in [2.05, 4.69) is 53.9 Å². The topological polar surface area (TPSA) is 27.0 Å². The molecule has 0 aliphatic rings. The van der Waals surface area contributed by atoms with Crippen LogP contribution in [0, 0.1) is 16.7 Å². The predicted molar refractivity (Wildman–Crippen MR) is 90.5 cm³/mol. The molecule has 0 heterocycles. The predicted octanol–water partition coefficient (Wildman–Crippen LogP) is 4.98. The number of halogens is 1. The Morgan fingerprint density at radius 1 is 1.25 bits per heavy atom. The van der Waals surface area contributed by atoms with Crippen LogP contribution in [-0.4, -0.2) is 18.9 Å². The first-order valence-corrected chi connectivity index (χ1v) is 8.50. The van der Waals surface area contributed by atoms with Crippen LogP contribution in [0.3, 0.4) is 0 Å². The van der Waals surface area contributed by atoms with E-state index in [1.807, 2.05) is 18.2 Å². The van der Waals surface area contributed by atoms with E-state index in [1.165, 1.54) is 25.7 Å². The lowest BCUT2D eigenvalue weighted by Gasteiger charge is -2.36. The molecule has 0 saturated carbocycles. The lowest BCUT2D eigenvalue weighted by atomic mass is 9.80. The average molecular weight is 337 g/mol. The van der Waals surface area contributed by atoms with E-state index in [0.29, 0.717) is 5.41 Å². The van der Waals surface area contributed by atoms with E-state index in [4.69, 9.17) is 5.26 Å². The maximum absolute atomic E-state index is 9.02. The van der Waals surface area contributed by atoms with Gasteiger partial charge in [0.25, 0.3) is 0 Å². The molecule has 0 fully saturated rings. The summed E-state index contributed by atoms with van der Waals surface area (Å²) >= 11 is 3.73. The van der Waals surface area contributed by atoms with E-state index < -0.39 is 0 Å². The third-order valence-electron chi connectivity index (χ3n) is 3.83.